The van der Waals surface area contributed by atoms with Crippen molar-refractivity contribution in [1.82, 2.24) is 14.1 Å². The van der Waals surface area contributed by atoms with Crippen LogP contribution in [0, 0.1) is 0 Å². The van der Waals surface area contributed by atoms with E-state index < -0.39 is 16.1 Å². The summed E-state index contributed by atoms with van der Waals surface area (Å²) in [4.78, 5) is 36.5. The molecule has 0 saturated carbocycles. The van der Waals surface area contributed by atoms with Crippen molar-refractivity contribution in [3.05, 3.63) is 29.8 Å². The summed E-state index contributed by atoms with van der Waals surface area (Å²) in [6, 6.07) is 6.74. The van der Waals surface area contributed by atoms with Gasteiger partial charge in [0.15, 0.2) is 0 Å². The Morgan fingerprint density at radius 2 is 1.80 bits per heavy atom. The third-order valence-corrected chi connectivity index (χ3v) is 6.59. The fourth-order valence-corrected chi connectivity index (χ4v) is 3.81. The maximum atomic E-state index is 12.7. The highest BCUT2D eigenvalue weighted by molar-refractivity contribution is 7.89. The lowest BCUT2D eigenvalue weighted by Gasteiger charge is -2.38. The van der Waals surface area contributed by atoms with E-state index in [4.69, 9.17) is 14.6 Å². The van der Waals surface area contributed by atoms with Crippen LogP contribution >= 0.6 is 0 Å². The van der Waals surface area contributed by atoms with Gasteiger partial charge in [0, 0.05) is 27.2 Å². The molecule has 1 heterocycles. The fraction of sp³-hybridized carbons (Fsp3) is 0.526. The number of carbonyl (C=O) groups excluding carboxylic acids is 2. The summed E-state index contributed by atoms with van der Waals surface area (Å²) in [5.74, 6) is 0.367. The largest absolute Gasteiger partial charge is 0.497 e. The summed E-state index contributed by atoms with van der Waals surface area (Å²) in [5.41, 5.74) is 0.912. The standard InChI is InChI=1S/C18H27N3O5S.CH2O2/c1-14-18(23)20(12-15-6-8-16(26-4)9-7-15)13-17(22)21(14)10-5-11-27(24,25)19(2)3;2-1-3/h6-9,14H,5,10-13H2,1-4H3;1H,(H,2,3)/t14-;/m0./s1. The molecule has 0 bridgehead atoms. The number of amides is 2. The lowest BCUT2D eigenvalue weighted by atomic mass is 10.1. The molecule has 1 aromatic rings. The molecule has 30 heavy (non-hydrogen) atoms. The summed E-state index contributed by atoms with van der Waals surface area (Å²) in [7, 11) is 1.22. The van der Waals surface area contributed by atoms with Crippen LogP contribution in [0.1, 0.15) is 18.9 Å². The topological polar surface area (TPSA) is 125 Å². The predicted octanol–water partition coefficient (Wildman–Crippen LogP) is 0.237. The summed E-state index contributed by atoms with van der Waals surface area (Å²) in [6.45, 7) is 2.02. The van der Waals surface area contributed by atoms with E-state index in [-0.39, 0.29) is 37.1 Å². The second kappa shape index (κ2) is 11.5. The zero-order valence-electron chi connectivity index (χ0n) is 17.6. The van der Waals surface area contributed by atoms with Crippen LogP contribution in [0.5, 0.6) is 5.75 Å². The zero-order chi connectivity index (χ0) is 22.9. The minimum absolute atomic E-state index is 0.00433. The molecule has 0 radical (unpaired) electrons. The molecule has 1 N–H and O–H groups in total. The van der Waals surface area contributed by atoms with Crippen molar-refractivity contribution >= 4 is 28.3 Å². The van der Waals surface area contributed by atoms with Gasteiger partial charge in [-0.2, -0.15) is 0 Å². The number of piperazine rings is 1. The van der Waals surface area contributed by atoms with Crippen molar-refractivity contribution < 1.29 is 32.6 Å². The number of rotatable bonds is 8. The summed E-state index contributed by atoms with van der Waals surface area (Å²) < 4.78 is 30.0. The number of nitrogens with zero attached hydrogens (tertiary/aromatic N) is 3. The van der Waals surface area contributed by atoms with E-state index in [2.05, 4.69) is 0 Å². The monoisotopic (exact) mass is 443 g/mol. The van der Waals surface area contributed by atoms with Crippen LogP contribution in [0.4, 0.5) is 0 Å². The quantitative estimate of drug-likeness (QED) is 0.571. The van der Waals surface area contributed by atoms with Gasteiger partial charge in [-0.15, -0.1) is 0 Å². The van der Waals surface area contributed by atoms with Gasteiger partial charge in [0.25, 0.3) is 6.47 Å². The van der Waals surface area contributed by atoms with Crippen LogP contribution in [0.3, 0.4) is 0 Å². The van der Waals surface area contributed by atoms with Gasteiger partial charge in [0.2, 0.25) is 21.8 Å². The van der Waals surface area contributed by atoms with Crippen molar-refractivity contribution in [3.8, 4) is 5.75 Å². The molecule has 1 aliphatic heterocycles. The summed E-state index contributed by atoms with van der Waals surface area (Å²) in [5, 5.41) is 6.89. The molecule has 11 heteroatoms. The van der Waals surface area contributed by atoms with E-state index in [0.717, 1.165) is 15.6 Å². The minimum atomic E-state index is -3.31. The number of carboxylic acid groups (broad SMARTS) is 1. The maximum Gasteiger partial charge on any atom is 0.290 e. The number of methoxy groups -OCH3 is 1. The zero-order valence-corrected chi connectivity index (χ0v) is 18.5. The Morgan fingerprint density at radius 1 is 1.23 bits per heavy atom. The van der Waals surface area contributed by atoms with Crippen molar-refractivity contribution in [1.29, 1.82) is 0 Å². The molecule has 0 aliphatic carbocycles. The van der Waals surface area contributed by atoms with Crippen LogP contribution in [0.25, 0.3) is 0 Å². The van der Waals surface area contributed by atoms with Crippen molar-refractivity contribution in [3.63, 3.8) is 0 Å². The van der Waals surface area contributed by atoms with Crippen LogP contribution in [0.2, 0.25) is 0 Å². The molecule has 1 aromatic carbocycles. The average Bonchev–Trinajstić information content (AvgIpc) is 2.69. The molecule has 0 aromatic heterocycles. The maximum absolute atomic E-state index is 12.7. The van der Waals surface area contributed by atoms with Crippen LogP contribution in [0.15, 0.2) is 24.3 Å². The van der Waals surface area contributed by atoms with Crippen molar-refractivity contribution in [2.45, 2.75) is 25.9 Å². The predicted molar refractivity (Wildman–Crippen MR) is 110 cm³/mol. The first kappa shape index (κ1) is 25.4. The Hall–Kier alpha value is -2.66. The molecule has 10 nitrogen and oxygen atoms in total. The molecule has 1 aliphatic rings. The normalized spacial score (nSPS) is 16.9. The van der Waals surface area contributed by atoms with E-state index in [0.29, 0.717) is 13.0 Å². The third kappa shape index (κ3) is 6.99. The van der Waals surface area contributed by atoms with Gasteiger partial charge < -0.3 is 19.6 Å². The van der Waals surface area contributed by atoms with Crippen LogP contribution in [-0.2, 0) is 31.0 Å². The summed E-state index contributed by atoms with van der Waals surface area (Å²) >= 11 is 0. The van der Waals surface area contributed by atoms with Gasteiger partial charge in [0.05, 0.1) is 12.9 Å². The number of carbonyl (C=O) groups is 3. The van der Waals surface area contributed by atoms with Gasteiger partial charge >= 0.3 is 0 Å². The van der Waals surface area contributed by atoms with Crippen molar-refractivity contribution in [2.75, 3.05) is 40.0 Å². The van der Waals surface area contributed by atoms with E-state index >= 15 is 0 Å². The van der Waals surface area contributed by atoms with E-state index in [1.54, 1.807) is 14.0 Å². The van der Waals surface area contributed by atoms with Crippen molar-refractivity contribution in [2.24, 2.45) is 0 Å². The first-order valence-corrected chi connectivity index (χ1v) is 10.9. The molecule has 1 saturated heterocycles. The lowest BCUT2D eigenvalue weighted by Crippen LogP contribution is -2.58. The van der Waals surface area contributed by atoms with E-state index in [1.165, 1.54) is 23.9 Å². The van der Waals surface area contributed by atoms with E-state index in [9.17, 15) is 18.0 Å². The molecule has 2 rings (SSSR count). The van der Waals surface area contributed by atoms with Gasteiger partial charge in [-0.05, 0) is 31.0 Å². The Morgan fingerprint density at radius 3 is 2.30 bits per heavy atom. The van der Waals surface area contributed by atoms with Gasteiger partial charge in [-0.25, -0.2) is 12.7 Å². The molecular formula is C19H29N3O7S. The molecule has 1 fully saturated rings. The fourth-order valence-electron chi connectivity index (χ4n) is 2.95. The molecule has 1 atom stereocenters. The highest BCUT2D eigenvalue weighted by atomic mass is 32.2. The van der Waals surface area contributed by atoms with Crippen LogP contribution in [-0.4, -0.2) is 92.0 Å². The first-order chi connectivity index (χ1) is 14.1. The van der Waals surface area contributed by atoms with Gasteiger partial charge in [0.1, 0.15) is 18.3 Å². The Labute approximate surface area is 177 Å². The Balaban J connectivity index is 0.00000141. The van der Waals surface area contributed by atoms with Gasteiger partial charge in [-0.3, -0.25) is 14.4 Å². The Bertz CT molecular complexity index is 825. The number of benzene rings is 1. The molecule has 0 spiro atoms. The summed E-state index contributed by atoms with van der Waals surface area (Å²) in [6.07, 6.45) is 0.294. The average molecular weight is 444 g/mol. The smallest absolute Gasteiger partial charge is 0.290 e. The molecule has 0 unspecified atom stereocenters. The third-order valence-electron chi connectivity index (χ3n) is 4.67. The van der Waals surface area contributed by atoms with E-state index in [1.807, 2.05) is 24.3 Å². The highest BCUT2D eigenvalue weighted by Crippen LogP contribution is 2.18. The second-order valence-electron chi connectivity index (χ2n) is 6.86. The highest BCUT2D eigenvalue weighted by Gasteiger charge is 2.36. The SMILES string of the molecule is COc1ccc(CN2CC(=O)N(CCCS(=O)(=O)N(C)C)[C@@H](C)C2=O)cc1.O=CO. The second-order valence-corrected chi connectivity index (χ2v) is 9.17. The Kier molecular flexibility index (Phi) is 9.73. The molecular weight excluding hydrogens is 414 g/mol. The number of sulfonamides is 1. The van der Waals surface area contributed by atoms with Crippen LogP contribution < -0.4 is 4.74 Å². The molecule has 168 valence electrons. The number of hydrogen-bond donors (Lipinski definition) is 1. The number of hydrogen-bond acceptors (Lipinski definition) is 6. The number of ether oxygens (including phenoxy) is 1. The van der Waals surface area contributed by atoms with Gasteiger partial charge in [-0.1, -0.05) is 12.1 Å². The first-order valence-electron chi connectivity index (χ1n) is 9.26. The molecule has 2 amide bonds. The minimum Gasteiger partial charge on any atom is -0.497 e. The lowest BCUT2D eigenvalue weighted by molar-refractivity contribution is -0.155.